The zero-order chi connectivity index (χ0) is 68.0. The molecular formula is C82H158O8S5Sn2. The second-order valence-corrected chi connectivity index (χ2v) is 26.7. The van der Waals surface area contributed by atoms with Gasteiger partial charge in [-0.2, -0.15) is 13.5 Å². The molecule has 0 unspecified atom stereocenters. The van der Waals surface area contributed by atoms with Crippen LogP contribution < -0.4 is 0 Å². The van der Waals surface area contributed by atoms with Gasteiger partial charge in [0.15, 0.2) is 0 Å². The average molecular weight is 1670 g/mol. The second-order valence-electron chi connectivity index (χ2n) is 25.0. The minimum absolute atomic E-state index is 0. The molecule has 0 atom stereocenters. The molecule has 0 saturated carbocycles. The van der Waals surface area contributed by atoms with Crippen molar-refractivity contribution in [1.29, 1.82) is 0 Å². The number of esters is 4. The van der Waals surface area contributed by atoms with Gasteiger partial charge in [-0.1, -0.05) is 297 Å². The molecule has 0 aromatic rings. The molecule has 0 spiro atoms. The first kappa shape index (κ1) is 116. The Morgan fingerprint density at radius 2 is 0.351 bits per heavy atom. The van der Waals surface area contributed by atoms with Gasteiger partial charge >= 0.3 is 71.7 Å². The van der Waals surface area contributed by atoms with E-state index in [4.69, 9.17) is 69.5 Å². The minimum Gasteiger partial charge on any atom is -0.789 e. The fourth-order valence-electron chi connectivity index (χ4n) is 10.3. The molecule has 0 aromatic heterocycles. The predicted octanol–water partition coefficient (Wildman–Crippen LogP) is 25.1. The van der Waals surface area contributed by atoms with Crippen LogP contribution in [0.1, 0.15) is 402 Å². The summed E-state index contributed by atoms with van der Waals surface area (Å²) in [5.41, 5.74) is 0. The van der Waals surface area contributed by atoms with E-state index >= 15 is 0 Å². The van der Waals surface area contributed by atoms with Gasteiger partial charge in [-0.15, -0.1) is 23.0 Å². The summed E-state index contributed by atoms with van der Waals surface area (Å²) in [4.78, 5) is 45.0. The normalized spacial score (nSPS) is 10.6. The van der Waals surface area contributed by atoms with Crippen LogP contribution in [0.4, 0.5) is 0 Å². The Morgan fingerprint density at radius 1 is 0.227 bits per heavy atom. The number of unbranched alkanes of at least 4 members (excludes halogenated alkanes) is 44. The second kappa shape index (κ2) is 112. The van der Waals surface area contributed by atoms with Gasteiger partial charge in [0.05, 0.1) is 26.4 Å². The van der Waals surface area contributed by atoms with Gasteiger partial charge in [-0.05, 0) is 128 Å². The molecule has 4 radical (unpaired) electrons. The maximum atomic E-state index is 11.3. The van der Waals surface area contributed by atoms with Crippen molar-refractivity contribution in [3.8, 4) is 0 Å². The molecule has 0 bridgehead atoms. The summed E-state index contributed by atoms with van der Waals surface area (Å²) in [6.07, 6.45) is 87.3. The first-order valence-corrected chi connectivity index (χ1v) is 41.1. The van der Waals surface area contributed by atoms with Crippen LogP contribution in [0.3, 0.4) is 0 Å². The molecule has 0 heterocycles. The van der Waals surface area contributed by atoms with Gasteiger partial charge in [0.2, 0.25) is 0 Å². The molecule has 0 aliphatic heterocycles. The maximum absolute atomic E-state index is 11.3. The van der Waals surface area contributed by atoms with E-state index in [1.165, 1.54) is 283 Å². The van der Waals surface area contributed by atoms with E-state index in [9.17, 15) is 19.2 Å². The summed E-state index contributed by atoms with van der Waals surface area (Å²) in [6.45, 7) is 10.6. The van der Waals surface area contributed by atoms with E-state index in [0.29, 0.717) is 75.1 Å². The number of hydrogen-bond donors (Lipinski definition) is 0. The summed E-state index contributed by atoms with van der Waals surface area (Å²) >= 11 is 18.9. The Balaban J connectivity index is -0.000000149. The topological polar surface area (TPSA) is 105 Å². The van der Waals surface area contributed by atoms with Gasteiger partial charge in [-0.25, -0.2) is 0 Å². The van der Waals surface area contributed by atoms with Crippen molar-refractivity contribution in [3.63, 3.8) is 0 Å². The molecule has 0 rings (SSSR count). The Labute approximate surface area is 668 Å². The number of allylic oxidation sites excluding steroid dienone is 8. The summed E-state index contributed by atoms with van der Waals surface area (Å²) in [7, 11) is 0. The molecular weight excluding hydrogens is 1510 g/mol. The van der Waals surface area contributed by atoms with Crippen LogP contribution in [0, 0.1) is 0 Å². The molecule has 97 heavy (non-hydrogen) atoms. The van der Waals surface area contributed by atoms with Crippen molar-refractivity contribution in [1.82, 2.24) is 0 Å². The van der Waals surface area contributed by atoms with Crippen molar-refractivity contribution in [2.75, 3.05) is 49.4 Å². The fraction of sp³-hybridized carbons (Fsp3) is 0.854. The standard InChI is InChI=1S/4C20H38O2S.2CH4.H2S.2Sn/c4*1-2-3-4-5-6-7-8-9-10-11-12-13-14-15-16-17-20(21)22-18-19-23;;;;;/h4*9-10,23H,2-8,11-19H2,1H3;2*1H4;1H2;;/q;;;;;;;2*+2/p-4/b4*10-9-;;;;;. The van der Waals surface area contributed by atoms with E-state index in [2.05, 4.69) is 76.3 Å². The zero-order valence-corrected chi connectivity index (χ0v) is 72.2. The third-order valence-corrected chi connectivity index (χ3v) is 16.6. The number of ether oxygens (including phenoxy) is 4. The third-order valence-electron chi connectivity index (χ3n) is 16.0. The zero-order valence-electron chi connectivity index (χ0n) is 62.3. The molecule has 0 aliphatic rings. The molecule has 0 saturated heterocycles. The Bertz CT molecular complexity index is 1350. The van der Waals surface area contributed by atoms with Crippen LogP contribution in [0.5, 0.6) is 0 Å². The van der Waals surface area contributed by atoms with Crippen molar-refractivity contribution < 1.29 is 38.1 Å². The maximum Gasteiger partial charge on any atom is 2.00 e. The first-order valence-electron chi connectivity index (χ1n) is 38.8. The Hall–Kier alpha value is 0.187. The summed E-state index contributed by atoms with van der Waals surface area (Å²) in [6, 6.07) is 0. The van der Waals surface area contributed by atoms with Crippen molar-refractivity contribution in [2.24, 2.45) is 0 Å². The van der Waals surface area contributed by atoms with Crippen LogP contribution in [0.15, 0.2) is 48.6 Å². The number of rotatable bonds is 68. The predicted molar refractivity (Wildman–Crippen MR) is 446 cm³/mol. The Kier molecular flexibility index (Phi) is 134. The largest absolute Gasteiger partial charge is 2.00 e. The SMILES string of the molecule is C.C.CCCCCCCC/C=C\CCCCCCCC(=O)OCC[S-].CCCCCCCC/C=C\CCCCCCCC(=O)OCC[S-].CCCCCCCC/C=C\CCCCCCCC(=O)OCC[S-].CCCCCCCC/C=C\CCCCCCCC(=O)OCC[S-].S.[Sn+2].[Sn+2]. The Morgan fingerprint density at radius 3 is 0.485 bits per heavy atom. The molecule has 0 N–H and O–H groups in total. The van der Waals surface area contributed by atoms with Crippen LogP contribution in [0.2, 0.25) is 0 Å². The third kappa shape index (κ3) is 120. The minimum atomic E-state index is -0.0903. The van der Waals surface area contributed by atoms with E-state index in [1.54, 1.807) is 0 Å². The van der Waals surface area contributed by atoms with Crippen LogP contribution in [-0.4, -0.2) is 121 Å². The molecule has 572 valence electrons. The molecule has 0 aliphatic carbocycles. The summed E-state index contributed by atoms with van der Waals surface area (Å²) in [5.74, 6) is 1.63. The first-order chi connectivity index (χ1) is 45.2. The van der Waals surface area contributed by atoms with Crippen molar-refractivity contribution >= 4 is 136 Å². The average Bonchev–Trinajstić information content (AvgIpc) is 3.68. The smallest absolute Gasteiger partial charge is 0.789 e. The molecule has 8 nitrogen and oxygen atoms in total. The van der Waals surface area contributed by atoms with E-state index in [0.717, 1.165) is 51.4 Å². The number of hydrogen-bond acceptors (Lipinski definition) is 12. The number of carbonyl (C=O) groups excluding carboxylic acids is 4. The van der Waals surface area contributed by atoms with E-state index in [-0.39, 0.29) is 100 Å². The van der Waals surface area contributed by atoms with Gasteiger partial charge in [-0.3, -0.25) is 19.2 Å². The van der Waals surface area contributed by atoms with Crippen molar-refractivity contribution in [3.05, 3.63) is 48.6 Å². The molecule has 0 amide bonds. The van der Waals surface area contributed by atoms with Crippen LogP contribution in [0.25, 0.3) is 0 Å². The monoisotopic (exact) mass is 1670 g/mol. The van der Waals surface area contributed by atoms with Crippen LogP contribution >= 0.6 is 13.5 Å². The number of carbonyl (C=O) groups is 4. The van der Waals surface area contributed by atoms with E-state index < -0.39 is 0 Å². The molecule has 15 heteroatoms. The van der Waals surface area contributed by atoms with E-state index in [1.807, 2.05) is 0 Å². The van der Waals surface area contributed by atoms with Gasteiger partial charge in [0.1, 0.15) is 0 Å². The molecule has 0 fully saturated rings. The van der Waals surface area contributed by atoms with Gasteiger partial charge < -0.3 is 69.5 Å². The van der Waals surface area contributed by atoms with Crippen LogP contribution in [-0.2, 0) is 88.6 Å². The fourth-order valence-corrected chi connectivity index (χ4v) is 10.6. The van der Waals surface area contributed by atoms with Gasteiger partial charge in [0, 0.05) is 25.7 Å². The quantitative estimate of drug-likeness (QED) is 0.0145. The molecule has 0 aromatic carbocycles. The summed E-state index contributed by atoms with van der Waals surface area (Å²) < 4.78 is 19.8. The van der Waals surface area contributed by atoms with Gasteiger partial charge in [0.25, 0.3) is 0 Å². The van der Waals surface area contributed by atoms with Crippen molar-refractivity contribution in [2.45, 2.75) is 402 Å². The summed E-state index contributed by atoms with van der Waals surface area (Å²) in [5, 5.41) is 0.